The van der Waals surface area contributed by atoms with Gasteiger partial charge in [-0.3, -0.25) is 9.59 Å². The molecule has 19 heavy (non-hydrogen) atoms. The maximum absolute atomic E-state index is 11.9. The number of benzene rings is 1. The summed E-state index contributed by atoms with van der Waals surface area (Å²) in [5.41, 5.74) is 5.88. The van der Waals surface area contributed by atoms with Crippen molar-refractivity contribution in [2.24, 2.45) is 11.7 Å². The van der Waals surface area contributed by atoms with Gasteiger partial charge in [0.05, 0.1) is 10.7 Å². The van der Waals surface area contributed by atoms with Crippen LogP contribution in [-0.4, -0.2) is 24.9 Å². The Kier molecular flexibility index (Phi) is 5.79. The van der Waals surface area contributed by atoms with E-state index in [1.807, 2.05) is 13.8 Å². The Bertz CT molecular complexity index is 477. The minimum absolute atomic E-state index is 0.163. The first-order chi connectivity index (χ1) is 8.95. The van der Waals surface area contributed by atoms with Gasteiger partial charge < -0.3 is 16.4 Å². The minimum Gasteiger partial charge on any atom is -0.366 e. The van der Waals surface area contributed by atoms with Gasteiger partial charge >= 0.3 is 0 Å². The third kappa shape index (κ3) is 4.54. The van der Waals surface area contributed by atoms with Gasteiger partial charge in [-0.15, -0.1) is 0 Å². The average molecular weight is 284 g/mol. The van der Waals surface area contributed by atoms with Crippen molar-refractivity contribution >= 4 is 29.1 Å². The Morgan fingerprint density at radius 1 is 1.42 bits per heavy atom. The maximum Gasteiger partial charge on any atom is 0.248 e. The number of hydrogen-bond donors (Lipinski definition) is 3. The summed E-state index contributed by atoms with van der Waals surface area (Å²) in [4.78, 5) is 23.0. The fourth-order valence-electron chi connectivity index (χ4n) is 1.48. The summed E-state index contributed by atoms with van der Waals surface area (Å²) in [5.74, 6) is -0.925. The number of hydrogen-bond acceptors (Lipinski definition) is 3. The lowest BCUT2D eigenvalue weighted by Crippen LogP contribution is -2.30. The Morgan fingerprint density at radius 2 is 2.11 bits per heavy atom. The molecule has 0 aliphatic rings. The van der Waals surface area contributed by atoms with Crippen LogP contribution in [0.1, 0.15) is 24.2 Å². The minimum atomic E-state index is -0.562. The van der Waals surface area contributed by atoms with Gasteiger partial charge in [-0.1, -0.05) is 25.4 Å². The summed E-state index contributed by atoms with van der Waals surface area (Å²) in [6, 6.07) is 4.52. The van der Waals surface area contributed by atoms with E-state index in [0.29, 0.717) is 22.8 Å². The van der Waals surface area contributed by atoms with Crippen LogP contribution in [0.25, 0.3) is 0 Å². The van der Waals surface area contributed by atoms with Gasteiger partial charge in [-0.05, 0) is 24.7 Å². The van der Waals surface area contributed by atoms with Crippen molar-refractivity contribution in [3.63, 3.8) is 0 Å². The lowest BCUT2D eigenvalue weighted by molar-refractivity contribution is -0.119. The van der Waals surface area contributed by atoms with Gasteiger partial charge in [0.2, 0.25) is 11.8 Å². The van der Waals surface area contributed by atoms with Crippen LogP contribution < -0.4 is 16.4 Å². The van der Waals surface area contributed by atoms with E-state index >= 15 is 0 Å². The summed E-state index contributed by atoms with van der Waals surface area (Å²) in [5, 5.41) is 6.16. The molecule has 2 amide bonds. The summed E-state index contributed by atoms with van der Waals surface area (Å²) >= 11 is 5.97. The first-order valence-corrected chi connectivity index (χ1v) is 6.44. The molecule has 0 bridgehead atoms. The summed E-state index contributed by atoms with van der Waals surface area (Å²) in [6.45, 7) is 5.16. The van der Waals surface area contributed by atoms with Crippen LogP contribution in [0, 0.1) is 5.92 Å². The molecule has 0 aromatic heterocycles. The molecular formula is C13H18ClN3O2. The Morgan fingerprint density at radius 3 is 2.68 bits per heavy atom. The van der Waals surface area contributed by atoms with Crippen LogP contribution in [-0.2, 0) is 4.79 Å². The summed E-state index contributed by atoms with van der Waals surface area (Å²) < 4.78 is 0. The molecule has 0 aliphatic carbocycles. The molecule has 0 saturated carbocycles. The SMILES string of the molecule is CCNCC(C)C(=O)Nc1cc(C(N)=O)ccc1Cl. The molecule has 1 atom stereocenters. The second-order valence-electron chi connectivity index (χ2n) is 4.26. The highest BCUT2D eigenvalue weighted by atomic mass is 35.5. The van der Waals surface area contributed by atoms with Crippen molar-refractivity contribution < 1.29 is 9.59 Å². The zero-order chi connectivity index (χ0) is 14.4. The number of carbonyl (C=O) groups excluding carboxylic acids is 2. The van der Waals surface area contributed by atoms with Gasteiger partial charge in [0.25, 0.3) is 0 Å². The van der Waals surface area contributed by atoms with Crippen LogP contribution in [0.15, 0.2) is 18.2 Å². The van der Waals surface area contributed by atoms with Crippen molar-refractivity contribution in [3.8, 4) is 0 Å². The summed E-state index contributed by atoms with van der Waals surface area (Å²) in [7, 11) is 0. The number of primary amides is 1. The third-order valence-corrected chi connectivity index (χ3v) is 2.99. The molecule has 0 fully saturated rings. The molecular weight excluding hydrogens is 266 g/mol. The smallest absolute Gasteiger partial charge is 0.248 e. The van der Waals surface area contributed by atoms with E-state index < -0.39 is 5.91 Å². The molecule has 6 heteroatoms. The molecule has 5 nitrogen and oxygen atoms in total. The molecule has 104 valence electrons. The van der Waals surface area contributed by atoms with Crippen LogP contribution in [0.2, 0.25) is 5.02 Å². The van der Waals surface area contributed by atoms with E-state index in [1.54, 1.807) is 0 Å². The Labute approximate surface area is 117 Å². The molecule has 1 rings (SSSR count). The van der Waals surface area contributed by atoms with Gasteiger partial charge in [-0.2, -0.15) is 0 Å². The van der Waals surface area contributed by atoms with Crippen LogP contribution >= 0.6 is 11.6 Å². The number of nitrogens with two attached hydrogens (primary N) is 1. The zero-order valence-electron chi connectivity index (χ0n) is 11.0. The Balaban J connectivity index is 2.78. The Hall–Kier alpha value is -1.59. The number of anilines is 1. The predicted molar refractivity (Wildman–Crippen MR) is 76.3 cm³/mol. The van der Waals surface area contributed by atoms with E-state index in [-0.39, 0.29) is 11.8 Å². The fraction of sp³-hybridized carbons (Fsp3) is 0.385. The molecule has 0 aliphatic heterocycles. The molecule has 1 aromatic rings. The quantitative estimate of drug-likeness (QED) is 0.742. The number of halogens is 1. The molecule has 0 saturated heterocycles. The molecule has 1 aromatic carbocycles. The van der Waals surface area contributed by atoms with Gasteiger partial charge in [0, 0.05) is 18.0 Å². The van der Waals surface area contributed by atoms with Gasteiger partial charge in [-0.25, -0.2) is 0 Å². The number of amides is 2. The highest BCUT2D eigenvalue weighted by molar-refractivity contribution is 6.33. The highest BCUT2D eigenvalue weighted by Gasteiger charge is 2.14. The molecule has 1 unspecified atom stereocenters. The molecule has 0 radical (unpaired) electrons. The van der Waals surface area contributed by atoms with E-state index in [4.69, 9.17) is 17.3 Å². The van der Waals surface area contributed by atoms with E-state index in [2.05, 4.69) is 10.6 Å². The van der Waals surface area contributed by atoms with Crippen molar-refractivity contribution in [1.82, 2.24) is 5.32 Å². The summed E-state index contributed by atoms with van der Waals surface area (Å²) in [6.07, 6.45) is 0. The van der Waals surface area contributed by atoms with Crippen LogP contribution in [0.3, 0.4) is 0 Å². The van der Waals surface area contributed by atoms with Crippen molar-refractivity contribution in [2.45, 2.75) is 13.8 Å². The monoisotopic (exact) mass is 283 g/mol. The lowest BCUT2D eigenvalue weighted by Gasteiger charge is -2.13. The van der Waals surface area contributed by atoms with Gasteiger partial charge in [0.15, 0.2) is 0 Å². The van der Waals surface area contributed by atoms with E-state index in [9.17, 15) is 9.59 Å². The maximum atomic E-state index is 11.9. The number of nitrogens with one attached hydrogen (secondary N) is 2. The standard InChI is InChI=1S/C13H18ClN3O2/c1-3-16-7-8(2)13(19)17-11-6-9(12(15)18)4-5-10(11)14/h4-6,8,16H,3,7H2,1-2H3,(H2,15,18)(H,17,19). The normalized spacial score (nSPS) is 11.9. The number of carbonyl (C=O) groups is 2. The molecule has 0 heterocycles. The van der Waals surface area contributed by atoms with E-state index in [0.717, 1.165) is 6.54 Å². The highest BCUT2D eigenvalue weighted by Crippen LogP contribution is 2.23. The average Bonchev–Trinajstić information content (AvgIpc) is 2.38. The van der Waals surface area contributed by atoms with Gasteiger partial charge in [0.1, 0.15) is 0 Å². The molecule has 4 N–H and O–H groups in total. The topological polar surface area (TPSA) is 84.2 Å². The molecule has 0 spiro atoms. The second kappa shape index (κ2) is 7.11. The fourth-order valence-corrected chi connectivity index (χ4v) is 1.65. The predicted octanol–water partition coefficient (Wildman–Crippen LogP) is 1.62. The largest absolute Gasteiger partial charge is 0.366 e. The number of rotatable bonds is 6. The van der Waals surface area contributed by atoms with Crippen LogP contribution in [0.5, 0.6) is 0 Å². The zero-order valence-corrected chi connectivity index (χ0v) is 11.8. The first kappa shape index (κ1) is 15.5. The van der Waals surface area contributed by atoms with Crippen molar-refractivity contribution in [2.75, 3.05) is 18.4 Å². The van der Waals surface area contributed by atoms with Crippen molar-refractivity contribution in [1.29, 1.82) is 0 Å². The van der Waals surface area contributed by atoms with E-state index in [1.165, 1.54) is 18.2 Å². The third-order valence-electron chi connectivity index (χ3n) is 2.66. The van der Waals surface area contributed by atoms with Crippen molar-refractivity contribution in [3.05, 3.63) is 28.8 Å². The first-order valence-electron chi connectivity index (χ1n) is 6.06. The lowest BCUT2D eigenvalue weighted by atomic mass is 10.1. The second-order valence-corrected chi connectivity index (χ2v) is 4.66. The van der Waals surface area contributed by atoms with Crippen LogP contribution in [0.4, 0.5) is 5.69 Å².